The van der Waals surface area contributed by atoms with Gasteiger partial charge in [-0.05, 0) is 48.1 Å². The van der Waals surface area contributed by atoms with Gasteiger partial charge >= 0.3 is 0 Å². The van der Waals surface area contributed by atoms with Gasteiger partial charge in [0.1, 0.15) is 0 Å². The van der Waals surface area contributed by atoms with E-state index < -0.39 is 24.0 Å². The van der Waals surface area contributed by atoms with Crippen LogP contribution in [0.5, 0.6) is 0 Å². The van der Waals surface area contributed by atoms with Crippen LogP contribution in [0.4, 0.5) is 0 Å². The van der Waals surface area contributed by atoms with Gasteiger partial charge in [0, 0.05) is 54.2 Å². The van der Waals surface area contributed by atoms with E-state index in [4.69, 9.17) is 5.73 Å². The molecule has 1 heterocycles. The number of rotatable bonds is 15. The Labute approximate surface area is 234 Å². The number of carbonyl (C=O) groups is 3. The Morgan fingerprint density at radius 3 is 2.23 bits per heavy atom. The van der Waals surface area contributed by atoms with Crippen LogP contribution in [0.1, 0.15) is 68.2 Å². The molecule has 0 aliphatic rings. The summed E-state index contributed by atoms with van der Waals surface area (Å²) in [5, 5.41) is 19.2. The first-order chi connectivity index (χ1) is 18.8. The maximum absolute atomic E-state index is 13.4. The Balaban J connectivity index is 1.80. The fourth-order valence-electron chi connectivity index (χ4n) is 4.34. The van der Waals surface area contributed by atoms with Gasteiger partial charge in [0.15, 0.2) is 0 Å². The summed E-state index contributed by atoms with van der Waals surface area (Å²) in [6, 6.07) is 17.4. The highest BCUT2D eigenvalue weighted by molar-refractivity contribution is 7.09. The van der Waals surface area contributed by atoms with Crippen molar-refractivity contribution < 1.29 is 19.5 Å². The van der Waals surface area contributed by atoms with Crippen molar-refractivity contribution in [3.8, 4) is 0 Å². The Kier molecular flexibility index (Phi) is 11.7. The molecular formula is C30H38N4O4S. The minimum absolute atomic E-state index is 0.0822. The topological polar surface area (TPSA) is 125 Å². The highest BCUT2D eigenvalue weighted by Gasteiger charge is 2.25. The van der Waals surface area contributed by atoms with Crippen molar-refractivity contribution in [2.24, 2.45) is 5.73 Å². The number of hydrogen-bond acceptors (Lipinski definition) is 6. The quantitative estimate of drug-likeness (QED) is 0.230. The number of hydrogen-bond donors (Lipinski definition) is 4. The lowest BCUT2D eigenvalue weighted by Gasteiger charge is -2.25. The van der Waals surface area contributed by atoms with E-state index in [1.807, 2.05) is 61.7 Å². The van der Waals surface area contributed by atoms with Gasteiger partial charge in [-0.15, -0.1) is 11.3 Å². The third-order valence-electron chi connectivity index (χ3n) is 6.31. The van der Waals surface area contributed by atoms with E-state index in [0.717, 1.165) is 23.3 Å². The lowest BCUT2D eigenvalue weighted by Crippen LogP contribution is -2.48. The summed E-state index contributed by atoms with van der Waals surface area (Å²) < 4.78 is 0. The van der Waals surface area contributed by atoms with Gasteiger partial charge in [0.25, 0.3) is 11.8 Å². The summed E-state index contributed by atoms with van der Waals surface area (Å²) in [7, 11) is 0. The second-order valence-corrected chi connectivity index (χ2v) is 10.5. The van der Waals surface area contributed by atoms with Crippen molar-refractivity contribution in [1.29, 1.82) is 0 Å². The maximum Gasteiger partial charge on any atom is 0.253 e. The fourth-order valence-corrected chi connectivity index (χ4v) is 5.11. The molecule has 39 heavy (non-hydrogen) atoms. The number of aliphatic hydroxyl groups excluding tert-OH is 1. The Morgan fingerprint density at radius 2 is 1.62 bits per heavy atom. The van der Waals surface area contributed by atoms with Gasteiger partial charge in [-0.25, -0.2) is 0 Å². The molecule has 1 aromatic heterocycles. The minimum atomic E-state index is -0.884. The molecule has 3 aromatic rings. The number of aliphatic hydroxyl groups is 1. The minimum Gasteiger partial charge on any atom is -0.390 e. The molecule has 2 aromatic carbocycles. The molecule has 2 atom stereocenters. The zero-order valence-corrected chi connectivity index (χ0v) is 23.4. The van der Waals surface area contributed by atoms with E-state index in [1.165, 1.54) is 18.2 Å². The first-order valence-electron chi connectivity index (χ1n) is 13.3. The summed E-state index contributed by atoms with van der Waals surface area (Å²) in [6.45, 7) is 5.96. The summed E-state index contributed by atoms with van der Waals surface area (Å²) in [4.78, 5) is 41.5. The third-order valence-corrected chi connectivity index (χ3v) is 7.21. The molecule has 5 N–H and O–H groups in total. The molecule has 0 aliphatic heterocycles. The van der Waals surface area contributed by atoms with E-state index in [9.17, 15) is 19.5 Å². The van der Waals surface area contributed by atoms with Crippen LogP contribution in [0.25, 0.3) is 0 Å². The van der Waals surface area contributed by atoms with E-state index >= 15 is 0 Å². The second kappa shape index (κ2) is 15.2. The summed E-state index contributed by atoms with van der Waals surface area (Å²) in [5.41, 5.74) is 7.09. The Hall–Kier alpha value is -3.53. The Morgan fingerprint density at radius 1 is 0.949 bits per heavy atom. The van der Waals surface area contributed by atoms with Gasteiger partial charge in [-0.1, -0.05) is 50.2 Å². The summed E-state index contributed by atoms with van der Waals surface area (Å²) in [5.74, 6) is -1.47. The molecule has 0 saturated carbocycles. The average molecular weight is 551 g/mol. The number of amides is 3. The highest BCUT2D eigenvalue weighted by atomic mass is 32.1. The van der Waals surface area contributed by atoms with E-state index in [1.54, 1.807) is 16.2 Å². The largest absolute Gasteiger partial charge is 0.390 e. The van der Waals surface area contributed by atoms with Gasteiger partial charge in [0.05, 0.1) is 12.1 Å². The zero-order chi connectivity index (χ0) is 28.2. The van der Waals surface area contributed by atoms with Crippen molar-refractivity contribution in [3.63, 3.8) is 0 Å². The number of nitrogens with two attached hydrogens (primary N) is 1. The number of nitrogens with zero attached hydrogens (tertiary/aromatic N) is 1. The molecule has 0 unspecified atom stereocenters. The monoisotopic (exact) mass is 550 g/mol. The van der Waals surface area contributed by atoms with Crippen molar-refractivity contribution in [1.82, 2.24) is 15.5 Å². The molecule has 0 fully saturated rings. The smallest absolute Gasteiger partial charge is 0.253 e. The first-order valence-corrected chi connectivity index (χ1v) is 14.2. The van der Waals surface area contributed by atoms with Crippen molar-refractivity contribution in [2.45, 2.75) is 51.8 Å². The van der Waals surface area contributed by atoms with Gasteiger partial charge in [-0.2, -0.15) is 0 Å². The lowest BCUT2D eigenvalue weighted by molar-refractivity contribution is 0.0755. The summed E-state index contributed by atoms with van der Waals surface area (Å²) in [6.07, 6.45) is 1.12. The van der Waals surface area contributed by atoms with Crippen molar-refractivity contribution in [3.05, 3.63) is 93.2 Å². The molecule has 0 radical (unpaired) electrons. The molecular weight excluding hydrogens is 512 g/mol. The lowest BCUT2D eigenvalue weighted by atomic mass is 10.0. The van der Waals surface area contributed by atoms with Crippen LogP contribution in [0.3, 0.4) is 0 Å². The summed E-state index contributed by atoms with van der Waals surface area (Å²) >= 11 is 1.54. The molecule has 0 spiro atoms. The SMILES string of the molecule is CCCN(CCC)C(=O)c1cc(C(N)=O)cc(C(=O)N[C@@H](Cc2cccs2)[C@H](O)CNCc2ccccc2)c1. The van der Waals surface area contributed by atoms with Gasteiger partial charge < -0.3 is 26.4 Å². The van der Waals surface area contributed by atoms with Gasteiger partial charge in [0.2, 0.25) is 5.91 Å². The van der Waals surface area contributed by atoms with Crippen LogP contribution >= 0.6 is 11.3 Å². The fraction of sp³-hybridized carbons (Fsp3) is 0.367. The van der Waals surface area contributed by atoms with Crippen LogP contribution in [-0.2, 0) is 13.0 Å². The first kappa shape index (κ1) is 30.0. The standard InChI is InChI=1S/C30H38N4O4S/c1-3-12-34(13-4-2)30(38)24-16-22(28(31)36)15-23(17-24)29(37)33-26(18-25-11-8-14-39-25)27(35)20-32-19-21-9-6-5-7-10-21/h5-11,14-17,26-27,32,35H,3-4,12-13,18-20H2,1-2H3,(H2,31,36)(H,33,37)/t26-,27+/m0/s1. The predicted molar refractivity (Wildman–Crippen MR) is 155 cm³/mol. The van der Waals surface area contributed by atoms with Crippen molar-refractivity contribution >= 4 is 29.1 Å². The van der Waals surface area contributed by atoms with Crippen LogP contribution in [0, 0.1) is 0 Å². The molecule has 0 bridgehead atoms. The number of primary amides is 1. The molecule has 3 rings (SSSR count). The maximum atomic E-state index is 13.4. The second-order valence-electron chi connectivity index (χ2n) is 9.50. The Bertz CT molecular complexity index is 1210. The average Bonchev–Trinajstić information content (AvgIpc) is 3.45. The molecule has 9 heteroatoms. The molecule has 0 aliphatic carbocycles. The number of thiophene rings is 1. The highest BCUT2D eigenvalue weighted by Crippen LogP contribution is 2.17. The number of benzene rings is 2. The normalized spacial score (nSPS) is 12.5. The number of carbonyl (C=O) groups excluding carboxylic acids is 3. The third kappa shape index (κ3) is 9.02. The predicted octanol–water partition coefficient (Wildman–Crippen LogP) is 3.60. The van der Waals surface area contributed by atoms with E-state index in [2.05, 4.69) is 10.6 Å². The molecule has 208 valence electrons. The van der Waals surface area contributed by atoms with Crippen LogP contribution in [-0.4, -0.2) is 59.5 Å². The van der Waals surface area contributed by atoms with Crippen LogP contribution in [0.2, 0.25) is 0 Å². The number of nitrogens with one attached hydrogen (secondary N) is 2. The van der Waals surface area contributed by atoms with Gasteiger partial charge in [-0.3, -0.25) is 14.4 Å². The molecule has 3 amide bonds. The molecule has 8 nitrogen and oxygen atoms in total. The molecule has 0 saturated heterocycles. The van der Waals surface area contributed by atoms with Crippen molar-refractivity contribution in [2.75, 3.05) is 19.6 Å². The van der Waals surface area contributed by atoms with Crippen LogP contribution < -0.4 is 16.4 Å². The van der Waals surface area contributed by atoms with E-state index in [0.29, 0.717) is 26.1 Å². The zero-order valence-electron chi connectivity index (χ0n) is 22.6. The van der Waals surface area contributed by atoms with Crippen LogP contribution in [0.15, 0.2) is 66.0 Å². The van der Waals surface area contributed by atoms with E-state index in [-0.39, 0.29) is 29.1 Å².